The van der Waals surface area contributed by atoms with Crippen molar-refractivity contribution < 1.29 is 14.3 Å². The fraction of sp³-hybridized carbons (Fsp3) is 0.467. The Morgan fingerprint density at radius 2 is 2.05 bits per heavy atom. The maximum absolute atomic E-state index is 12.0. The molecule has 2 rings (SSSR count). The predicted octanol–water partition coefficient (Wildman–Crippen LogP) is 3.64. The molecule has 0 unspecified atom stereocenters. The van der Waals surface area contributed by atoms with Crippen LogP contribution in [0.1, 0.15) is 32.6 Å². The summed E-state index contributed by atoms with van der Waals surface area (Å²) in [5.74, 6) is 0.000554. The minimum Gasteiger partial charge on any atom is -0.480 e. The SMILES string of the molecule is C[C@H](Oc1ccc(Cl)cc1Br)C(=O)NC(=O)NC1CCCC1. The van der Waals surface area contributed by atoms with E-state index < -0.39 is 18.0 Å². The van der Waals surface area contributed by atoms with Crippen LogP contribution in [0, 0.1) is 0 Å². The van der Waals surface area contributed by atoms with Crippen LogP contribution in [0.2, 0.25) is 5.02 Å². The molecule has 0 aromatic heterocycles. The van der Waals surface area contributed by atoms with Gasteiger partial charge in [-0.15, -0.1) is 0 Å². The minimum atomic E-state index is -0.799. The number of urea groups is 1. The number of hydrogen-bond donors (Lipinski definition) is 2. The number of rotatable bonds is 4. The van der Waals surface area contributed by atoms with Crippen LogP contribution in [-0.2, 0) is 4.79 Å². The van der Waals surface area contributed by atoms with E-state index in [1.54, 1.807) is 25.1 Å². The van der Waals surface area contributed by atoms with E-state index in [9.17, 15) is 9.59 Å². The van der Waals surface area contributed by atoms with Crippen LogP contribution in [-0.4, -0.2) is 24.1 Å². The van der Waals surface area contributed by atoms with Crippen molar-refractivity contribution in [2.24, 2.45) is 0 Å². The Hall–Kier alpha value is -1.27. The molecular formula is C15H18BrClN2O3. The first-order chi connectivity index (χ1) is 10.5. The van der Waals surface area contributed by atoms with Crippen LogP contribution in [0.15, 0.2) is 22.7 Å². The van der Waals surface area contributed by atoms with Gasteiger partial charge in [-0.1, -0.05) is 24.4 Å². The quantitative estimate of drug-likeness (QED) is 0.826. The Morgan fingerprint density at radius 3 is 2.68 bits per heavy atom. The largest absolute Gasteiger partial charge is 0.480 e. The summed E-state index contributed by atoms with van der Waals surface area (Å²) < 4.78 is 6.18. The molecule has 1 aromatic rings. The van der Waals surface area contributed by atoms with Crippen molar-refractivity contribution >= 4 is 39.5 Å². The van der Waals surface area contributed by atoms with Gasteiger partial charge in [-0.3, -0.25) is 10.1 Å². The van der Waals surface area contributed by atoms with Crippen molar-refractivity contribution in [3.05, 3.63) is 27.7 Å². The van der Waals surface area contributed by atoms with Gasteiger partial charge < -0.3 is 10.1 Å². The Morgan fingerprint density at radius 1 is 1.36 bits per heavy atom. The molecule has 0 saturated heterocycles. The smallest absolute Gasteiger partial charge is 0.321 e. The van der Waals surface area contributed by atoms with Crippen molar-refractivity contribution in [3.63, 3.8) is 0 Å². The van der Waals surface area contributed by atoms with E-state index in [1.165, 1.54) is 0 Å². The summed E-state index contributed by atoms with van der Waals surface area (Å²) in [6.07, 6.45) is 3.36. The molecule has 1 atom stereocenters. The first-order valence-corrected chi connectivity index (χ1v) is 8.36. The number of nitrogens with one attached hydrogen (secondary N) is 2. The molecule has 0 radical (unpaired) electrons. The van der Waals surface area contributed by atoms with Crippen molar-refractivity contribution in [1.82, 2.24) is 10.6 Å². The molecule has 1 aliphatic carbocycles. The lowest BCUT2D eigenvalue weighted by Gasteiger charge is -2.17. The zero-order valence-corrected chi connectivity index (χ0v) is 14.5. The molecule has 0 bridgehead atoms. The third-order valence-corrected chi connectivity index (χ3v) is 4.35. The van der Waals surface area contributed by atoms with Crippen LogP contribution in [0.3, 0.4) is 0 Å². The highest BCUT2D eigenvalue weighted by molar-refractivity contribution is 9.10. The van der Waals surface area contributed by atoms with Crippen LogP contribution in [0.4, 0.5) is 4.79 Å². The van der Waals surface area contributed by atoms with Gasteiger partial charge in [0.2, 0.25) is 0 Å². The molecular weight excluding hydrogens is 372 g/mol. The molecule has 120 valence electrons. The van der Waals surface area contributed by atoms with E-state index in [0.717, 1.165) is 25.7 Å². The lowest BCUT2D eigenvalue weighted by Crippen LogP contribution is -2.47. The monoisotopic (exact) mass is 388 g/mol. The molecule has 0 heterocycles. The molecule has 1 fully saturated rings. The number of hydrogen-bond acceptors (Lipinski definition) is 3. The molecule has 22 heavy (non-hydrogen) atoms. The second kappa shape index (κ2) is 7.83. The van der Waals surface area contributed by atoms with E-state index in [-0.39, 0.29) is 6.04 Å². The maximum Gasteiger partial charge on any atom is 0.321 e. The second-order valence-electron chi connectivity index (χ2n) is 5.28. The van der Waals surface area contributed by atoms with Crippen LogP contribution >= 0.6 is 27.5 Å². The summed E-state index contributed by atoms with van der Waals surface area (Å²) in [7, 11) is 0. The number of carbonyl (C=O) groups is 2. The molecule has 1 aliphatic rings. The number of carbonyl (C=O) groups excluding carboxylic acids is 2. The first-order valence-electron chi connectivity index (χ1n) is 7.19. The van der Waals surface area contributed by atoms with E-state index in [1.807, 2.05) is 0 Å². The first kappa shape index (κ1) is 17.1. The standard InChI is InChI=1S/C15H18BrClN2O3/c1-9(22-13-7-6-10(17)8-12(13)16)14(20)19-15(21)18-11-4-2-3-5-11/h6-9,11H,2-5H2,1H3,(H2,18,19,20,21)/t9-/m0/s1. The van der Waals surface area contributed by atoms with Crippen molar-refractivity contribution in [2.45, 2.75) is 44.8 Å². The number of imide groups is 1. The van der Waals surface area contributed by atoms with Gasteiger partial charge in [-0.05, 0) is 53.9 Å². The summed E-state index contributed by atoms with van der Waals surface area (Å²) in [6.45, 7) is 1.58. The van der Waals surface area contributed by atoms with Gasteiger partial charge in [0.15, 0.2) is 6.10 Å². The average Bonchev–Trinajstić information content (AvgIpc) is 2.94. The van der Waals surface area contributed by atoms with Gasteiger partial charge >= 0.3 is 6.03 Å². The summed E-state index contributed by atoms with van der Waals surface area (Å²) in [4.78, 5) is 23.7. The van der Waals surface area contributed by atoms with Crippen molar-refractivity contribution in [3.8, 4) is 5.75 Å². The normalized spacial score (nSPS) is 16.1. The highest BCUT2D eigenvalue weighted by Crippen LogP contribution is 2.28. The second-order valence-corrected chi connectivity index (χ2v) is 6.57. The van der Waals surface area contributed by atoms with Gasteiger partial charge in [-0.25, -0.2) is 4.79 Å². The average molecular weight is 390 g/mol. The van der Waals surface area contributed by atoms with E-state index in [4.69, 9.17) is 16.3 Å². The minimum absolute atomic E-state index is 0.162. The fourth-order valence-corrected chi connectivity index (χ4v) is 3.10. The summed E-state index contributed by atoms with van der Waals surface area (Å²) in [5.41, 5.74) is 0. The molecule has 7 heteroatoms. The van der Waals surface area contributed by atoms with Gasteiger partial charge in [-0.2, -0.15) is 0 Å². The third-order valence-electron chi connectivity index (χ3n) is 3.49. The number of benzene rings is 1. The molecule has 1 aromatic carbocycles. The Kier molecular flexibility index (Phi) is 6.08. The topological polar surface area (TPSA) is 67.4 Å². The van der Waals surface area contributed by atoms with E-state index in [2.05, 4.69) is 26.6 Å². The summed E-state index contributed by atoms with van der Waals surface area (Å²) in [6, 6.07) is 4.69. The van der Waals surface area contributed by atoms with Crippen LogP contribution in [0.5, 0.6) is 5.75 Å². The van der Waals surface area contributed by atoms with Gasteiger partial charge in [0, 0.05) is 11.1 Å². The third kappa shape index (κ3) is 4.88. The Bertz CT molecular complexity index is 562. The molecule has 0 aliphatic heterocycles. The highest BCUT2D eigenvalue weighted by Gasteiger charge is 2.21. The predicted molar refractivity (Wildman–Crippen MR) is 88.2 cm³/mol. The zero-order valence-electron chi connectivity index (χ0n) is 12.2. The number of halogens is 2. The maximum atomic E-state index is 12.0. The van der Waals surface area contributed by atoms with Crippen LogP contribution < -0.4 is 15.4 Å². The van der Waals surface area contributed by atoms with Gasteiger partial charge in [0.05, 0.1) is 4.47 Å². The van der Waals surface area contributed by atoms with Gasteiger partial charge in [0.25, 0.3) is 5.91 Å². The van der Waals surface area contributed by atoms with Gasteiger partial charge in [0.1, 0.15) is 5.75 Å². The summed E-state index contributed by atoms with van der Waals surface area (Å²) in [5, 5.41) is 5.66. The van der Waals surface area contributed by atoms with E-state index in [0.29, 0.717) is 15.2 Å². The zero-order chi connectivity index (χ0) is 16.1. The Labute approximate surface area is 142 Å². The summed E-state index contributed by atoms with van der Waals surface area (Å²) >= 11 is 9.16. The van der Waals surface area contributed by atoms with Crippen molar-refractivity contribution in [1.29, 1.82) is 0 Å². The van der Waals surface area contributed by atoms with E-state index >= 15 is 0 Å². The Balaban J connectivity index is 1.84. The highest BCUT2D eigenvalue weighted by atomic mass is 79.9. The van der Waals surface area contributed by atoms with Crippen molar-refractivity contribution in [2.75, 3.05) is 0 Å². The molecule has 5 nitrogen and oxygen atoms in total. The number of ether oxygens (including phenoxy) is 1. The molecule has 3 amide bonds. The molecule has 1 saturated carbocycles. The lowest BCUT2D eigenvalue weighted by molar-refractivity contribution is -0.126. The molecule has 0 spiro atoms. The fourth-order valence-electron chi connectivity index (χ4n) is 2.32. The number of amides is 3. The lowest BCUT2D eigenvalue weighted by atomic mass is 10.2. The molecule has 2 N–H and O–H groups in total. The van der Waals surface area contributed by atoms with Crippen LogP contribution in [0.25, 0.3) is 0 Å².